The molecule has 25 heavy (non-hydrogen) atoms. The number of piperidine rings is 1. The van der Waals surface area contributed by atoms with Crippen molar-refractivity contribution in [3.8, 4) is 0 Å². The predicted molar refractivity (Wildman–Crippen MR) is 98.3 cm³/mol. The number of methoxy groups -OCH3 is 1. The molecule has 138 valence electrons. The standard InChI is InChI=1S/C17H25N3O3S2/c1-14-12-18-16(20(14)8-9-23-2)11-15-5-3-7-19(13-15)25(21,22)17-6-4-10-24-17/h4,6,10,12,15H,3,5,7-9,11,13H2,1-2H3. The smallest absolute Gasteiger partial charge is 0.252 e. The van der Waals surface area contributed by atoms with Gasteiger partial charge in [0.2, 0.25) is 0 Å². The number of rotatable bonds is 7. The largest absolute Gasteiger partial charge is 0.383 e. The van der Waals surface area contributed by atoms with E-state index in [9.17, 15) is 8.42 Å². The molecule has 0 amide bonds. The van der Waals surface area contributed by atoms with Crippen LogP contribution in [0.15, 0.2) is 27.9 Å². The van der Waals surface area contributed by atoms with Crippen molar-refractivity contribution in [2.45, 2.75) is 36.9 Å². The van der Waals surface area contributed by atoms with E-state index in [4.69, 9.17) is 4.74 Å². The molecule has 6 nitrogen and oxygen atoms in total. The van der Waals surface area contributed by atoms with Crippen LogP contribution in [0.5, 0.6) is 0 Å². The summed E-state index contributed by atoms with van der Waals surface area (Å²) >= 11 is 1.28. The summed E-state index contributed by atoms with van der Waals surface area (Å²) in [7, 11) is -1.66. The normalized spacial score (nSPS) is 19.4. The van der Waals surface area contributed by atoms with Crippen molar-refractivity contribution in [1.82, 2.24) is 13.9 Å². The van der Waals surface area contributed by atoms with Gasteiger partial charge in [-0.2, -0.15) is 4.31 Å². The van der Waals surface area contributed by atoms with E-state index < -0.39 is 10.0 Å². The Morgan fingerprint density at radius 2 is 2.28 bits per heavy atom. The molecule has 1 atom stereocenters. The highest BCUT2D eigenvalue weighted by Crippen LogP contribution is 2.28. The highest BCUT2D eigenvalue weighted by molar-refractivity contribution is 7.91. The van der Waals surface area contributed by atoms with Crippen molar-refractivity contribution in [3.05, 3.63) is 35.2 Å². The number of aryl methyl sites for hydroxylation is 1. The Morgan fingerprint density at radius 3 is 3.00 bits per heavy atom. The maximum absolute atomic E-state index is 12.8. The summed E-state index contributed by atoms with van der Waals surface area (Å²) in [5, 5.41) is 1.81. The third kappa shape index (κ3) is 4.13. The highest BCUT2D eigenvalue weighted by Gasteiger charge is 2.31. The molecule has 1 unspecified atom stereocenters. The van der Waals surface area contributed by atoms with Gasteiger partial charge in [-0.1, -0.05) is 6.07 Å². The lowest BCUT2D eigenvalue weighted by atomic mass is 9.96. The van der Waals surface area contributed by atoms with Crippen LogP contribution in [0.1, 0.15) is 24.4 Å². The molecule has 2 aromatic rings. The van der Waals surface area contributed by atoms with Gasteiger partial charge in [-0.15, -0.1) is 11.3 Å². The van der Waals surface area contributed by atoms with Crippen LogP contribution in [0.3, 0.4) is 0 Å². The van der Waals surface area contributed by atoms with Crippen LogP contribution in [0.25, 0.3) is 0 Å². The lowest BCUT2D eigenvalue weighted by molar-refractivity contribution is 0.184. The average molecular weight is 384 g/mol. The number of ether oxygens (including phenoxy) is 1. The third-order valence-electron chi connectivity index (χ3n) is 4.70. The van der Waals surface area contributed by atoms with Gasteiger partial charge in [0.05, 0.1) is 6.61 Å². The third-order valence-corrected chi connectivity index (χ3v) is 7.94. The zero-order chi connectivity index (χ0) is 17.9. The van der Waals surface area contributed by atoms with E-state index in [1.807, 2.05) is 18.5 Å². The molecule has 2 aromatic heterocycles. The topological polar surface area (TPSA) is 64.4 Å². The summed E-state index contributed by atoms with van der Waals surface area (Å²) in [6.45, 7) is 4.64. The second kappa shape index (κ2) is 7.99. The summed E-state index contributed by atoms with van der Waals surface area (Å²) in [6, 6.07) is 3.47. The molecule has 0 spiro atoms. The molecule has 1 saturated heterocycles. The molecule has 1 aliphatic rings. The van der Waals surface area contributed by atoms with Crippen molar-refractivity contribution in [2.75, 3.05) is 26.8 Å². The molecule has 0 bridgehead atoms. The second-order valence-electron chi connectivity index (χ2n) is 6.47. The maximum Gasteiger partial charge on any atom is 0.252 e. The Hall–Kier alpha value is -1.22. The quantitative estimate of drug-likeness (QED) is 0.737. The van der Waals surface area contributed by atoms with Gasteiger partial charge in [0.1, 0.15) is 10.0 Å². The number of thiophene rings is 1. The predicted octanol–water partition coefficient (Wildman–Crippen LogP) is 2.54. The Balaban J connectivity index is 1.71. The van der Waals surface area contributed by atoms with E-state index in [1.165, 1.54) is 11.3 Å². The van der Waals surface area contributed by atoms with Gasteiger partial charge in [0.25, 0.3) is 10.0 Å². The number of hydrogen-bond acceptors (Lipinski definition) is 5. The van der Waals surface area contributed by atoms with E-state index in [1.54, 1.807) is 23.5 Å². The minimum Gasteiger partial charge on any atom is -0.383 e. The minimum atomic E-state index is -3.36. The number of nitrogens with zero attached hydrogens (tertiary/aromatic N) is 3. The Kier molecular flexibility index (Phi) is 5.93. The Labute approximate surface area is 153 Å². The van der Waals surface area contributed by atoms with Crippen molar-refractivity contribution in [1.29, 1.82) is 0 Å². The summed E-state index contributed by atoms with van der Waals surface area (Å²) in [6.07, 6.45) is 4.61. The fourth-order valence-corrected chi connectivity index (χ4v) is 6.07. The first-order chi connectivity index (χ1) is 12.0. The van der Waals surface area contributed by atoms with Crippen LogP contribution in [-0.2, 0) is 27.7 Å². The lowest BCUT2D eigenvalue weighted by Crippen LogP contribution is -2.40. The molecule has 1 aliphatic heterocycles. The van der Waals surface area contributed by atoms with Crippen molar-refractivity contribution < 1.29 is 13.2 Å². The van der Waals surface area contributed by atoms with Gasteiger partial charge < -0.3 is 9.30 Å². The SMILES string of the molecule is COCCn1c(C)cnc1CC1CCCN(S(=O)(=O)c2cccs2)C1. The van der Waals surface area contributed by atoms with Gasteiger partial charge in [0, 0.05) is 45.1 Å². The molecule has 0 aliphatic carbocycles. The molecule has 3 rings (SSSR count). The van der Waals surface area contributed by atoms with Gasteiger partial charge in [-0.3, -0.25) is 0 Å². The molecule has 0 aromatic carbocycles. The molecule has 0 saturated carbocycles. The molecular formula is C17H25N3O3S2. The Morgan fingerprint density at radius 1 is 1.44 bits per heavy atom. The summed E-state index contributed by atoms with van der Waals surface area (Å²) in [5.41, 5.74) is 1.12. The summed E-state index contributed by atoms with van der Waals surface area (Å²) in [4.78, 5) is 4.54. The zero-order valence-electron chi connectivity index (χ0n) is 14.7. The number of sulfonamides is 1. The zero-order valence-corrected chi connectivity index (χ0v) is 16.4. The number of imidazole rings is 1. The molecule has 0 N–H and O–H groups in total. The van der Waals surface area contributed by atoms with Crippen molar-refractivity contribution in [2.24, 2.45) is 5.92 Å². The highest BCUT2D eigenvalue weighted by atomic mass is 32.2. The van der Waals surface area contributed by atoms with Crippen LogP contribution in [-0.4, -0.2) is 49.1 Å². The number of hydrogen-bond donors (Lipinski definition) is 0. The Bertz CT molecular complexity index is 784. The monoisotopic (exact) mass is 383 g/mol. The van der Waals surface area contributed by atoms with Gasteiger partial charge in [0.15, 0.2) is 0 Å². The molecule has 3 heterocycles. The van der Waals surface area contributed by atoms with Crippen LogP contribution in [0, 0.1) is 12.8 Å². The van der Waals surface area contributed by atoms with Gasteiger partial charge in [-0.25, -0.2) is 13.4 Å². The lowest BCUT2D eigenvalue weighted by Gasteiger charge is -2.31. The average Bonchev–Trinajstić information content (AvgIpc) is 3.25. The maximum atomic E-state index is 12.8. The van der Waals surface area contributed by atoms with E-state index in [0.29, 0.717) is 29.8 Å². The molecular weight excluding hydrogens is 358 g/mol. The first kappa shape index (κ1) is 18.6. The van der Waals surface area contributed by atoms with Crippen molar-refractivity contribution >= 4 is 21.4 Å². The van der Waals surface area contributed by atoms with Crippen LogP contribution in [0.2, 0.25) is 0 Å². The van der Waals surface area contributed by atoms with Gasteiger partial charge in [-0.05, 0) is 37.1 Å². The second-order valence-corrected chi connectivity index (χ2v) is 9.58. The molecule has 0 radical (unpaired) electrons. The first-order valence-electron chi connectivity index (χ1n) is 8.56. The fraction of sp³-hybridized carbons (Fsp3) is 0.588. The van der Waals surface area contributed by atoms with E-state index >= 15 is 0 Å². The van der Waals surface area contributed by atoms with E-state index in [0.717, 1.165) is 37.3 Å². The minimum absolute atomic E-state index is 0.298. The summed E-state index contributed by atoms with van der Waals surface area (Å²) < 4.78 is 35.0. The van der Waals surface area contributed by atoms with Gasteiger partial charge >= 0.3 is 0 Å². The van der Waals surface area contributed by atoms with E-state index in [2.05, 4.69) is 9.55 Å². The van der Waals surface area contributed by atoms with Crippen LogP contribution in [0.4, 0.5) is 0 Å². The summed E-state index contributed by atoms with van der Waals surface area (Å²) in [5.74, 6) is 1.32. The molecule has 1 fully saturated rings. The van der Waals surface area contributed by atoms with Crippen molar-refractivity contribution in [3.63, 3.8) is 0 Å². The number of aromatic nitrogens is 2. The van der Waals surface area contributed by atoms with E-state index in [-0.39, 0.29) is 0 Å². The van der Waals surface area contributed by atoms with Crippen LogP contribution < -0.4 is 0 Å². The van der Waals surface area contributed by atoms with Crippen LogP contribution >= 0.6 is 11.3 Å². The fourth-order valence-electron chi connectivity index (χ4n) is 3.37. The molecule has 8 heteroatoms. The first-order valence-corrected chi connectivity index (χ1v) is 10.9.